The number of nitrogens with two attached hydrogens (primary N) is 1. The molecule has 0 spiro atoms. The van der Waals surface area contributed by atoms with Gasteiger partial charge in [0.15, 0.2) is 0 Å². The van der Waals surface area contributed by atoms with Gasteiger partial charge in [0.2, 0.25) is 11.8 Å². The van der Waals surface area contributed by atoms with Gasteiger partial charge in [-0.2, -0.15) is 0 Å². The van der Waals surface area contributed by atoms with Crippen molar-refractivity contribution in [2.75, 3.05) is 39.3 Å². The normalized spacial score (nSPS) is 12.0. The molecule has 0 heterocycles. The maximum absolute atomic E-state index is 12.1. The second kappa shape index (κ2) is 24.5. The number of hydrogen-bond acceptors (Lipinski definition) is 5. The summed E-state index contributed by atoms with van der Waals surface area (Å²) in [5, 5.41) is 12.8. The fourth-order valence-corrected chi connectivity index (χ4v) is 3.43. The number of hydrogen-bond donors (Lipinski definition) is 5. The second-order valence-electron chi connectivity index (χ2n) is 8.82. The molecule has 0 saturated carbocycles. The average Bonchev–Trinajstić information content (AvgIpc) is 2.79. The van der Waals surface area contributed by atoms with Crippen LogP contribution in [-0.4, -0.2) is 57.1 Å². The van der Waals surface area contributed by atoms with Gasteiger partial charge in [0, 0.05) is 19.5 Å². The van der Waals surface area contributed by atoms with Crippen LogP contribution in [0, 0.1) is 0 Å². The lowest BCUT2D eigenvalue weighted by atomic mass is 10.1. The largest absolute Gasteiger partial charge is 0.356 e. The third kappa shape index (κ3) is 22.0. The molecular formula is C25H53N5O2. The molecule has 0 aromatic rings. The van der Waals surface area contributed by atoms with Crippen molar-refractivity contribution in [1.82, 2.24) is 21.3 Å². The summed E-state index contributed by atoms with van der Waals surface area (Å²) < 4.78 is 0. The van der Waals surface area contributed by atoms with Crippen LogP contribution in [0.25, 0.3) is 0 Å². The van der Waals surface area contributed by atoms with Crippen molar-refractivity contribution in [1.29, 1.82) is 0 Å². The third-order valence-corrected chi connectivity index (χ3v) is 5.60. The zero-order valence-corrected chi connectivity index (χ0v) is 21.1. The van der Waals surface area contributed by atoms with E-state index >= 15 is 0 Å². The van der Waals surface area contributed by atoms with Crippen molar-refractivity contribution >= 4 is 11.8 Å². The minimum atomic E-state index is -0.461. The van der Waals surface area contributed by atoms with Crippen LogP contribution in [-0.2, 0) is 9.59 Å². The van der Waals surface area contributed by atoms with Gasteiger partial charge in [-0.05, 0) is 77.5 Å². The van der Waals surface area contributed by atoms with E-state index in [0.717, 1.165) is 58.3 Å². The summed E-state index contributed by atoms with van der Waals surface area (Å²) >= 11 is 0. The van der Waals surface area contributed by atoms with E-state index in [4.69, 9.17) is 5.73 Å². The van der Waals surface area contributed by atoms with Crippen LogP contribution in [0.3, 0.4) is 0 Å². The molecule has 7 nitrogen and oxygen atoms in total. The van der Waals surface area contributed by atoms with E-state index in [1.807, 2.05) is 0 Å². The highest BCUT2D eigenvalue weighted by Gasteiger charge is 2.12. The predicted molar refractivity (Wildman–Crippen MR) is 136 cm³/mol. The maximum atomic E-state index is 12.1. The smallest absolute Gasteiger partial charge is 0.236 e. The summed E-state index contributed by atoms with van der Waals surface area (Å²) in [7, 11) is 0. The van der Waals surface area contributed by atoms with Gasteiger partial charge in [-0.1, -0.05) is 46.0 Å². The van der Waals surface area contributed by atoms with Crippen LogP contribution in [0.4, 0.5) is 0 Å². The highest BCUT2D eigenvalue weighted by atomic mass is 16.2. The summed E-state index contributed by atoms with van der Waals surface area (Å²) in [4.78, 5) is 23.8. The first-order valence-corrected chi connectivity index (χ1v) is 13.3. The van der Waals surface area contributed by atoms with Crippen molar-refractivity contribution in [3.05, 3.63) is 0 Å². The Morgan fingerprint density at radius 3 is 1.88 bits per heavy atom. The Morgan fingerprint density at radius 2 is 1.19 bits per heavy atom. The Morgan fingerprint density at radius 1 is 0.625 bits per heavy atom. The van der Waals surface area contributed by atoms with E-state index in [1.165, 1.54) is 44.9 Å². The molecule has 190 valence electrons. The molecule has 0 aliphatic heterocycles. The van der Waals surface area contributed by atoms with Gasteiger partial charge >= 0.3 is 0 Å². The Bertz CT molecular complexity index is 435. The van der Waals surface area contributed by atoms with E-state index in [2.05, 4.69) is 35.1 Å². The van der Waals surface area contributed by atoms with Crippen LogP contribution in [0.1, 0.15) is 104 Å². The minimum absolute atomic E-state index is 0.0701. The first-order valence-electron chi connectivity index (χ1n) is 13.3. The van der Waals surface area contributed by atoms with Crippen molar-refractivity contribution < 1.29 is 9.59 Å². The zero-order chi connectivity index (χ0) is 23.7. The molecular weight excluding hydrogens is 402 g/mol. The highest BCUT2D eigenvalue weighted by Crippen LogP contribution is 2.05. The van der Waals surface area contributed by atoms with E-state index in [9.17, 15) is 9.59 Å². The lowest BCUT2D eigenvalue weighted by Gasteiger charge is -2.12. The zero-order valence-electron chi connectivity index (χ0n) is 21.1. The van der Waals surface area contributed by atoms with Gasteiger partial charge in [-0.3, -0.25) is 9.59 Å². The second-order valence-corrected chi connectivity index (χ2v) is 8.82. The van der Waals surface area contributed by atoms with Crippen molar-refractivity contribution in [3.63, 3.8) is 0 Å². The van der Waals surface area contributed by atoms with Crippen LogP contribution >= 0.6 is 0 Å². The molecule has 0 aliphatic carbocycles. The van der Waals surface area contributed by atoms with Gasteiger partial charge in [0.1, 0.15) is 0 Å². The Hall–Kier alpha value is -1.18. The van der Waals surface area contributed by atoms with Crippen LogP contribution < -0.4 is 27.0 Å². The summed E-state index contributed by atoms with van der Waals surface area (Å²) in [6.45, 7) is 9.90. The summed E-state index contributed by atoms with van der Waals surface area (Å²) in [6.07, 6.45) is 14.6. The van der Waals surface area contributed by atoms with Crippen LogP contribution in [0.2, 0.25) is 0 Å². The highest BCUT2D eigenvalue weighted by molar-refractivity contribution is 5.81. The molecule has 2 amide bonds. The molecule has 0 aromatic heterocycles. The van der Waals surface area contributed by atoms with Crippen LogP contribution in [0.5, 0.6) is 0 Å². The van der Waals surface area contributed by atoms with Crippen molar-refractivity contribution in [2.24, 2.45) is 5.73 Å². The molecule has 7 heteroatoms. The topological polar surface area (TPSA) is 108 Å². The molecule has 0 fully saturated rings. The Labute approximate surface area is 197 Å². The first-order chi connectivity index (χ1) is 15.6. The van der Waals surface area contributed by atoms with Crippen LogP contribution in [0.15, 0.2) is 0 Å². The lowest BCUT2D eigenvalue weighted by molar-refractivity contribution is -0.123. The molecule has 1 atom stereocenters. The number of rotatable bonds is 24. The molecule has 0 saturated heterocycles. The van der Waals surface area contributed by atoms with Gasteiger partial charge in [-0.15, -0.1) is 0 Å². The molecule has 32 heavy (non-hydrogen) atoms. The third-order valence-electron chi connectivity index (χ3n) is 5.60. The van der Waals surface area contributed by atoms with Gasteiger partial charge in [0.05, 0.1) is 6.04 Å². The fourth-order valence-electron chi connectivity index (χ4n) is 3.43. The first kappa shape index (κ1) is 30.8. The number of carbonyl (C=O) groups is 2. The van der Waals surface area contributed by atoms with Crippen molar-refractivity contribution in [3.8, 4) is 0 Å². The lowest BCUT2D eigenvalue weighted by Crippen LogP contribution is -2.41. The number of unbranched alkanes of at least 4 members (excludes halogenated alkanes) is 7. The number of amides is 2. The number of nitrogens with one attached hydrogen (secondary N) is 4. The monoisotopic (exact) mass is 455 g/mol. The Balaban J connectivity index is 3.41. The number of carbonyl (C=O) groups excluding carboxylic acids is 2. The van der Waals surface area contributed by atoms with Crippen molar-refractivity contribution in [2.45, 2.75) is 110 Å². The fraction of sp³-hybridized carbons (Fsp3) is 0.920. The SMILES string of the molecule is CCCCCCCC(=O)NCCCC[C@H](N)C(=O)NCCCNCCCCNCCCC. The molecule has 0 radical (unpaired) electrons. The molecule has 0 aromatic carbocycles. The summed E-state index contributed by atoms with van der Waals surface area (Å²) in [5.74, 6) is 0.0695. The molecule has 0 unspecified atom stereocenters. The molecule has 0 rings (SSSR count). The standard InChI is InChI=1S/C25H53N5O2/c1-3-5-7-8-9-16-24(31)29-21-11-10-15-23(26)25(32)30-22-14-20-28-19-13-12-18-27-17-6-4-2/h23,27-28H,3-22,26H2,1-2H3,(H,29,31)(H,30,32)/t23-/m0/s1. The summed E-state index contributed by atoms with van der Waals surface area (Å²) in [5.41, 5.74) is 5.98. The molecule has 0 bridgehead atoms. The van der Waals surface area contributed by atoms with E-state index < -0.39 is 6.04 Å². The Kier molecular flexibility index (Phi) is 23.6. The van der Waals surface area contributed by atoms with E-state index in [0.29, 0.717) is 25.9 Å². The van der Waals surface area contributed by atoms with E-state index in [1.54, 1.807) is 0 Å². The maximum Gasteiger partial charge on any atom is 0.236 e. The van der Waals surface area contributed by atoms with E-state index in [-0.39, 0.29) is 11.8 Å². The summed E-state index contributed by atoms with van der Waals surface area (Å²) in [6, 6.07) is -0.461. The predicted octanol–water partition coefficient (Wildman–Crippen LogP) is 3.23. The van der Waals surface area contributed by atoms with Gasteiger partial charge in [0.25, 0.3) is 0 Å². The minimum Gasteiger partial charge on any atom is -0.356 e. The van der Waals surface area contributed by atoms with Gasteiger partial charge < -0.3 is 27.0 Å². The average molecular weight is 456 g/mol. The van der Waals surface area contributed by atoms with Gasteiger partial charge in [-0.25, -0.2) is 0 Å². The molecule has 6 N–H and O–H groups in total. The molecule has 0 aliphatic rings. The quantitative estimate of drug-likeness (QED) is 0.144.